The Morgan fingerprint density at radius 3 is 2.68 bits per heavy atom. The Bertz CT molecular complexity index is 908. The van der Waals surface area contributed by atoms with Crippen LogP contribution in [0.4, 0.5) is 0 Å². The van der Waals surface area contributed by atoms with Crippen molar-refractivity contribution >= 4 is 27.6 Å². The molecule has 0 fully saturated rings. The molecule has 22 heavy (non-hydrogen) atoms. The highest BCUT2D eigenvalue weighted by Gasteiger charge is 2.37. The molecule has 2 aromatic heterocycles. The molecule has 3 nitrogen and oxygen atoms in total. The average Bonchev–Trinajstić information content (AvgIpc) is 2.77. The van der Waals surface area contributed by atoms with Crippen LogP contribution in [0.2, 0.25) is 0 Å². The second kappa shape index (κ2) is 4.82. The first kappa shape index (κ1) is 15.0. The summed E-state index contributed by atoms with van der Waals surface area (Å²) in [5.41, 5.74) is 5.27. The molecule has 0 saturated heterocycles. The van der Waals surface area contributed by atoms with Crippen LogP contribution in [0, 0.1) is 12.3 Å². The third kappa shape index (κ3) is 2.03. The Kier molecular flexibility index (Phi) is 3.29. The zero-order chi connectivity index (χ0) is 14.8. The van der Waals surface area contributed by atoms with Gasteiger partial charge in [0, 0.05) is 36.1 Å². The van der Waals surface area contributed by atoms with E-state index in [1.807, 2.05) is 12.1 Å². The van der Waals surface area contributed by atoms with E-state index in [0.29, 0.717) is 6.42 Å². The van der Waals surface area contributed by atoms with Crippen LogP contribution in [0.5, 0.6) is 0 Å². The molecule has 3 aromatic rings. The summed E-state index contributed by atoms with van der Waals surface area (Å²) in [5.74, 6) is 0.257. The summed E-state index contributed by atoms with van der Waals surface area (Å²) in [6.07, 6.45) is 1.54. The summed E-state index contributed by atoms with van der Waals surface area (Å²) >= 11 is 0. The number of aryl methyl sites for hydroxylation is 1. The first-order chi connectivity index (χ1) is 9.96. The fourth-order valence-corrected chi connectivity index (χ4v) is 3.69. The number of fused-ring (bicyclic) bond motifs is 5. The van der Waals surface area contributed by atoms with Crippen molar-refractivity contribution in [2.45, 2.75) is 33.6 Å². The minimum atomic E-state index is 0. The number of pyridine rings is 1. The number of para-hydroxylation sites is 1. The van der Waals surface area contributed by atoms with Crippen molar-refractivity contribution in [1.29, 1.82) is 0 Å². The van der Waals surface area contributed by atoms with E-state index in [1.165, 1.54) is 0 Å². The second-order valence-electron chi connectivity index (χ2n) is 6.97. The van der Waals surface area contributed by atoms with Crippen LogP contribution in [0.15, 0.2) is 24.3 Å². The topological polar surface area (TPSA) is 47.0 Å². The lowest BCUT2D eigenvalue weighted by atomic mass is 9.74. The van der Waals surface area contributed by atoms with Gasteiger partial charge in [-0.2, -0.15) is 0 Å². The number of nitrogens with one attached hydrogen (secondary N) is 2. The monoisotopic (exact) mass is 314 g/mol. The fraction of sp³-hybridized carbons (Fsp3) is 0.333. The molecule has 0 spiro atoms. The van der Waals surface area contributed by atoms with Gasteiger partial charge in [-0.25, -0.2) is 4.98 Å². The number of ketones is 1. The molecule has 1 aliphatic rings. The highest BCUT2D eigenvalue weighted by molar-refractivity contribution is 6.19. The van der Waals surface area contributed by atoms with E-state index >= 15 is 0 Å². The van der Waals surface area contributed by atoms with Gasteiger partial charge < -0.3 is 17.4 Å². The molecule has 0 saturated carbocycles. The van der Waals surface area contributed by atoms with Gasteiger partial charge in [-0.3, -0.25) is 4.79 Å². The SMILES string of the molecule is Cc1[nH+]c2c(c3c1[nH]c1ccccc13)C(=O)CC(C)(C)C2.[Cl-]. The van der Waals surface area contributed by atoms with Crippen LogP contribution in [0.1, 0.15) is 42.0 Å². The van der Waals surface area contributed by atoms with Crippen molar-refractivity contribution in [3.63, 3.8) is 0 Å². The average molecular weight is 315 g/mol. The van der Waals surface area contributed by atoms with Crippen molar-refractivity contribution in [2.75, 3.05) is 0 Å². The molecule has 4 heteroatoms. The van der Waals surface area contributed by atoms with Gasteiger partial charge in [0.25, 0.3) is 0 Å². The zero-order valence-electron chi connectivity index (χ0n) is 13.0. The minimum Gasteiger partial charge on any atom is -1.00 e. The minimum absolute atomic E-state index is 0. The smallest absolute Gasteiger partial charge is 0.201 e. The van der Waals surface area contributed by atoms with Crippen LogP contribution in [0.25, 0.3) is 21.8 Å². The van der Waals surface area contributed by atoms with Gasteiger partial charge in [0.2, 0.25) is 5.69 Å². The number of aromatic amines is 2. The van der Waals surface area contributed by atoms with Crippen molar-refractivity contribution < 1.29 is 22.2 Å². The molecule has 0 atom stereocenters. The number of hydrogen-bond donors (Lipinski definition) is 1. The summed E-state index contributed by atoms with van der Waals surface area (Å²) in [7, 11) is 0. The molecular weight excluding hydrogens is 296 g/mol. The molecule has 1 aliphatic carbocycles. The lowest BCUT2D eigenvalue weighted by Gasteiger charge is -2.27. The highest BCUT2D eigenvalue weighted by Crippen LogP contribution is 2.38. The number of halogens is 1. The molecule has 4 rings (SSSR count). The molecule has 2 heterocycles. The quantitative estimate of drug-likeness (QED) is 0.649. The van der Waals surface area contributed by atoms with Crippen LogP contribution >= 0.6 is 0 Å². The Hall–Kier alpha value is -1.87. The number of rotatable bonds is 0. The molecule has 0 radical (unpaired) electrons. The van der Waals surface area contributed by atoms with E-state index in [1.54, 1.807) is 0 Å². The lowest BCUT2D eigenvalue weighted by Crippen LogP contribution is -3.00. The van der Waals surface area contributed by atoms with Crippen molar-refractivity contribution in [3.8, 4) is 0 Å². The maximum Gasteiger partial charge on any atom is 0.201 e. The van der Waals surface area contributed by atoms with Gasteiger partial charge in [0.05, 0.1) is 5.56 Å². The fourth-order valence-electron chi connectivity index (χ4n) is 3.69. The van der Waals surface area contributed by atoms with Crippen LogP contribution in [-0.4, -0.2) is 10.8 Å². The van der Waals surface area contributed by atoms with E-state index in [-0.39, 0.29) is 23.6 Å². The molecule has 0 amide bonds. The maximum atomic E-state index is 12.7. The van der Waals surface area contributed by atoms with Gasteiger partial charge in [-0.05, 0) is 11.5 Å². The predicted octanol–water partition coefficient (Wildman–Crippen LogP) is 0.603. The number of Topliss-reactive ketones (excluding diaryl/α,β-unsaturated/α-hetero) is 1. The molecular formula is C18H19ClN2O. The third-order valence-electron chi connectivity index (χ3n) is 4.54. The summed E-state index contributed by atoms with van der Waals surface area (Å²) in [5, 5.41) is 2.24. The van der Waals surface area contributed by atoms with E-state index < -0.39 is 0 Å². The van der Waals surface area contributed by atoms with Crippen molar-refractivity contribution in [3.05, 3.63) is 41.2 Å². The van der Waals surface area contributed by atoms with Crippen LogP contribution in [0.3, 0.4) is 0 Å². The maximum absolute atomic E-state index is 12.7. The Morgan fingerprint density at radius 1 is 1.18 bits per heavy atom. The van der Waals surface area contributed by atoms with Crippen LogP contribution in [-0.2, 0) is 6.42 Å². The summed E-state index contributed by atoms with van der Waals surface area (Å²) in [6, 6.07) is 8.22. The first-order valence-corrected chi connectivity index (χ1v) is 7.45. The van der Waals surface area contributed by atoms with E-state index in [0.717, 1.165) is 45.2 Å². The van der Waals surface area contributed by atoms with E-state index in [2.05, 4.69) is 42.9 Å². The van der Waals surface area contributed by atoms with E-state index in [4.69, 9.17) is 0 Å². The number of carbonyl (C=O) groups excluding carboxylic acids is 1. The first-order valence-electron chi connectivity index (χ1n) is 7.45. The number of benzene rings is 1. The van der Waals surface area contributed by atoms with Gasteiger partial charge in [-0.1, -0.05) is 32.0 Å². The van der Waals surface area contributed by atoms with E-state index in [9.17, 15) is 4.79 Å². The third-order valence-corrected chi connectivity index (χ3v) is 4.54. The molecule has 0 bridgehead atoms. The number of hydrogen-bond acceptors (Lipinski definition) is 1. The molecule has 114 valence electrons. The molecule has 0 unspecified atom stereocenters. The standard InChI is InChI=1S/C18H18N2O.ClH/c1-10-17-15(11-6-4-5-7-12(11)20-17)16-13(19-10)8-18(2,3)9-14(16)21;/h4-7,20H,8-9H2,1-3H3;1H. The molecule has 0 aliphatic heterocycles. The van der Waals surface area contributed by atoms with Gasteiger partial charge in [0.1, 0.15) is 5.52 Å². The summed E-state index contributed by atoms with van der Waals surface area (Å²) in [4.78, 5) is 19.7. The highest BCUT2D eigenvalue weighted by atomic mass is 35.5. The number of H-pyrrole nitrogens is 2. The number of aromatic nitrogens is 2. The molecule has 1 aromatic carbocycles. The van der Waals surface area contributed by atoms with Gasteiger partial charge >= 0.3 is 0 Å². The summed E-state index contributed by atoms with van der Waals surface area (Å²) < 4.78 is 0. The van der Waals surface area contributed by atoms with Gasteiger partial charge in [-0.15, -0.1) is 0 Å². The lowest BCUT2D eigenvalue weighted by molar-refractivity contribution is -0.399. The largest absolute Gasteiger partial charge is 1.00 e. The Morgan fingerprint density at radius 2 is 1.91 bits per heavy atom. The number of carbonyl (C=O) groups is 1. The Balaban J connectivity index is 0.00000144. The van der Waals surface area contributed by atoms with Crippen molar-refractivity contribution in [1.82, 2.24) is 4.98 Å². The molecule has 2 N–H and O–H groups in total. The zero-order valence-corrected chi connectivity index (χ0v) is 13.8. The predicted molar refractivity (Wildman–Crippen MR) is 83.5 cm³/mol. The van der Waals surface area contributed by atoms with Gasteiger partial charge in [0.15, 0.2) is 11.5 Å². The second-order valence-corrected chi connectivity index (χ2v) is 6.97. The summed E-state index contributed by atoms with van der Waals surface area (Å²) in [6.45, 7) is 6.40. The normalized spacial score (nSPS) is 16.6. The van der Waals surface area contributed by atoms with Crippen LogP contribution < -0.4 is 17.4 Å². The van der Waals surface area contributed by atoms with Crippen molar-refractivity contribution in [2.24, 2.45) is 5.41 Å². The Labute approximate surface area is 135 Å².